The average Bonchev–Trinajstić information content (AvgIpc) is 3.00. The predicted molar refractivity (Wildman–Crippen MR) is 160 cm³/mol. The molecule has 0 saturated heterocycles. The second-order valence-corrected chi connectivity index (χ2v) is 10.2. The van der Waals surface area contributed by atoms with Crippen molar-refractivity contribution in [1.82, 2.24) is 5.32 Å². The van der Waals surface area contributed by atoms with Crippen molar-refractivity contribution in [3.63, 3.8) is 0 Å². The number of halogens is 3. The molecule has 0 aliphatic carbocycles. The molecule has 3 aromatic carbocycles. The molecule has 1 unspecified atom stereocenters. The van der Waals surface area contributed by atoms with E-state index in [2.05, 4.69) is 24.4 Å². The number of esters is 1. The fourth-order valence-electron chi connectivity index (χ4n) is 4.66. The minimum absolute atomic E-state index is 0.0438. The Morgan fingerprint density at radius 3 is 2.35 bits per heavy atom. The monoisotopic (exact) mass is 597 g/mol. The summed E-state index contributed by atoms with van der Waals surface area (Å²) in [7, 11) is 1.94. The Morgan fingerprint density at radius 1 is 1.02 bits per heavy atom. The van der Waals surface area contributed by atoms with Crippen molar-refractivity contribution >= 4 is 11.7 Å². The van der Waals surface area contributed by atoms with E-state index in [0.717, 1.165) is 23.2 Å². The van der Waals surface area contributed by atoms with Gasteiger partial charge >= 0.3 is 12.1 Å². The quantitative estimate of drug-likeness (QED) is 0.152. The van der Waals surface area contributed by atoms with Crippen LogP contribution in [0.4, 0.5) is 18.9 Å². The number of hydrogen-bond acceptors (Lipinski definition) is 7. The van der Waals surface area contributed by atoms with Crippen LogP contribution in [0.15, 0.2) is 66.7 Å². The van der Waals surface area contributed by atoms with Crippen LogP contribution >= 0.6 is 0 Å². The molecule has 1 atom stereocenters. The second kappa shape index (κ2) is 16.4. The van der Waals surface area contributed by atoms with Gasteiger partial charge in [-0.05, 0) is 67.6 Å². The maximum atomic E-state index is 12.5. The van der Waals surface area contributed by atoms with Gasteiger partial charge in [0.1, 0.15) is 12.7 Å². The molecule has 0 heterocycles. The van der Waals surface area contributed by atoms with E-state index in [4.69, 9.17) is 14.2 Å². The van der Waals surface area contributed by atoms with E-state index < -0.39 is 12.8 Å². The number of carbonyl (C=O) groups is 1. The predicted octanol–water partition coefficient (Wildman–Crippen LogP) is 6.34. The number of hydrogen-bond donors (Lipinski definition) is 1. The Morgan fingerprint density at radius 2 is 1.70 bits per heavy atom. The molecule has 10 heteroatoms. The van der Waals surface area contributed by atoms with Crippen LogP contribution in [0.5, 0.6) is 11.5 Å². The summed E-state index contributed by atoms with van der Waals surface area (Å²) in [5.41, 5.74) is 4.06. The van der Waals surface area contributed by atoms with Gasteiger partial charge in [0.15, 0.2) is 18.1 Å². The molecule has 3 aromatic rings. The van der Waals surface area contributed by atoms with E-state index in [0.29, 0.717) is 37.1 Å². The largest absolute Gasteiger partial charge is 0.488 e. The van der Waals surface area contributed by atoms with Gasteiger partial charge in [0.25, 0.3) is 0 Å². The molecular weight excluding hydrogens is 559 g/mol. The second-order valence-electron chi connectivity index (χ2n) is 10.2. The van der Waals surface area contributed by atoms with Crippen LogP contribution in [-0.4, -0.2) is 58.1 Å². The van der Waals surface area contributed by atoms with Crippen LogP contribution in [0.1, 0.15) is 47.3 Å². The molecule has 0 saturated carbocycles. The Hall–Kier alpha value is -4.23. The molecule has 0 radical (unpaired) electrons. The summed E-state index contributed by atoms with van der Waals surface area (Å²) < 4.78 is 53.5. The third-order valence-corrected chi connectivity index (χ3v) is 6.65. The minimum atomic E-state index is -4.43. The molecule has 3 rings (SSSR count). The lowest BCUT2D eigenvalue weighted by Gasteiger charge is -2.25. The van der Waals surface area contributed by atoms with Gasteiger partial charge in [0, 0.05) is 26.2 Å². The first kappa shape index (κ1) is 33.3. The molecule has 43 heavy (non-hydrogen) atoms. The highest BCUT2D eigenvalue weighted by Gasteiger charge is 2.29. The maximum absolute atomic E-state index is 12.5. The SMILES string of the molecule is CCc1cc(CC(C)NCCOc2ccccc2OCC(F)(F)F)cc(C#N)c1N(C)CCCOC(=O)c1ccccc1. The standard InChI is InChI=1S/C33H38F3N3O4/c1-4-26-20-25(19-24(2)38-15-18-41-29-13-8-9-14-30(29)43-23-33(34,35)36)21-28(22-37)31(26)39(3)16-10-17-42-32(40)27-11-6-5-7-12-27/h5-9,11-14,20-21,24,38H,4,10,15-19,23H2,1-3H3. The van der Waals surface area contributed by atoms with Crippen molar-refractivity contribution in [3.8, 4) is 17.6 Å². The first-order valence-electron chi connectivity index (χ1n) is 14.2. The van der Waals surface area contributed by atoms with Crippen LogP contribution in [-0.2, 0) is 17.6 Å². The van der Waals surface area contributed by atoms with Crippen molar-refractivity contribution in [2.24, 2.45) is 0 Å². The zero-order chi connectivity index (χ0) is 31.2. The fraction of sp³-hybridized carbons (Fsp3) is 0.394. The molecule has 0 fully saturated rings. The number of anilines is 1. The lowest BCUT2D eigenvalue weighted by molar-refractivity contribution is -0.153. The summed E-state index contributed by atoms with van der Waals surface area (Å²) in [5, 5.41) is 13.3. The summed E-state index contributed by atoms with van der Waals surface area (Å²) in [6.07, 6.45) is -2.39. The maximum Gasteiger partial charge on any atom is 0.422 e. The number of para-hydroxylation sites is 2. The van der Waals surface area contributed by atoms with Crippen molar-refractivity contribution in [2.45, 2.75) is 45.3 Å². The van der Waals surface area contributed by atoms with Crippen molar-refractivity contribution < 1.29 is 32.2 Å². The Kier molecular flexibility index (Phi) is 12.7. The molecule has 0 aromatic heterocycles. The zero-order valence-electron chi connectivity index (χ0n) is 24.7. The van der Waals surface area contributed by atoms with Gasteiger partial charge in [0.05, 0.1) is 23.4 Å². The Bertz CT molecular complexity index is 1360. The van der Waals surface area contributed by atoms with Gasteiger partial charge in [-0.1, -0.05) is 43.3 Å². The molecule has 0 amide bonds. The molecule has 7 nitrogen and oxygen atoms in total. The number of nitrogens with one attached hydrogen (secondary N) is 1. The average molecular weight is 598 g/mol. The van der Waals surface area contributed by atoms with Crippen LogP contribution in [0.3, 0.4) is 0 Å². The highest BCUT2D eigenvalue weighted by molar-refractivity contribution is 5.89. The number of nitrogens with zero attached hydrogens (tertiary/aromatic N) is 2. The van der Waals surface area contributed by atoms with Gasteiger partial charge in [-0.3, -0.25) is 0 Å². The molecule has 0 aliphatic rings. The van der Waals surface area contributed by atoms with Gasteiger partial charge in [-0.2, -0.15) is 18.4 Å². The highest BCUT2D eigenvalue weighted by Crippen LogP contribution is 2.29. The lowest BCUT2D eigenvalue weighted by atomic mass is 9.97. The smallest absolute Gasteiger partial charge is 0.422 e. The molecule has 230 valence electrons. The number of aryl methyl sites for hydroxylation is 1. The summed E-state index contributed by atoms with van der Waals surface area (Å²) >= 11 is 0. The molecule has 0 spiro atoms. The summed E-state index contributed by atoms with van der Waals surface area (Å²) in [4.78, 5) is 14.2. The number of benzene rings is 3. The highest BCUT2D eigenvalue weighted by atomic mass is 19.4. The number of rotatable bonds is 16. The molecule has 1 N–H and O–H groups in total. The van der Waals surface area contributed by atoms with E-state index in [1.807, 2.05) is 31.0 Å². The molecular formula is C33H38F3N3O4. The van der Waals surface area contributed by atoms with Gasteiger partial charge in [0.2, 0.25) is 0 Å². The van der Waals surface area contributed by atoms with Crippen LogP contribution in [0.25, 0.3) is 0 Å². The van der Waals surface area contributed by atoms with E-state index in [-0.39, 0.29) is 36.7 Å². The van der Waals surface area contributed by atoms with Crippen LogP contribution < -0.4 is 19.7 Å². The summed E-state index contributed by atoms with van der Waals surface area (Å²) in [6.45, 7) is 4.29. The van der Waals surface area contributed by atoms with Crippen LogP contribution in [0.2, 0.25) is 0 Å². The Labute approximate surface area is 251 Å². The number of ether oxygens (including phenoxy) is 3. The Balaban J connectivity index is 1.50. The third-order valence-electron chi connectivity index (χ3n) is 6.65. The number of carbonyl (C=O) groups excluding carboxylic acids is 1. The minimum Gasteiger partial charge on any atom is -0.488 e. The van der Waals surface area contributed by atoms with Gasteiger partial charge < -0.3 is 24.4 Å². The summed E-state index contributed by atoms with van der Waals surface area (Å²) in [5.74, 6) is -0.0580. The van der Waals surface area contributed by atoms with E-state index >= 15 is 0 Å². The number of nitriles is 1. The van der Waals surface area contributed by atoms with Crippen molar-refractivity contribution in [1.29, 1.82) is 5.26 Å². The van der Waals surface area contributed by atoms with E-state index in [1.54, 1.807) is 42.5 Å². The van der Waals surface area contributed by atoms with Crippen molar-refractivity contribution in [2.75, 3.05) is 44.9 Å². The van der Waals surface area contributed by atoms with Gasteiger partial charge in [-0.25, -0.2) is 4.79 Å². The topological polar surface area (TPSA) is 83.8 Å². The first-order chi connectivity index (χ1) is 20.6. The van der Waals surface area contributed by atoms with Gasteiger partial charge in [-0.15, -0.1) is 0 Å². The zero-order valence-corrected chi connectivity index (χ0v) is 24.7. The van der Waals surface area contributed by atoms with Crippen LogP contribution in [0, 0.1) is 11.3 Å². The van der Waals surface area contributed by atoms with E-state index in [9.17, 15) is 23.2 Å². The van der Waals surface area contributed by atoms with Crippen molar-refractivity contribution in [3.05, 3.63) is 89.0 Å². The normalized spacial score (nSPS) is 11.8. The lowest BCUT2D eigenvalue weighted by Crippen LogP contribution is -2.32. The summed E-state index contributed by atoms with van der Waals surface area (Å²) in [6, 6.07) is 21.5. The molecule has 0 aliphatic heterocycles. The first-order valence-corrected chi connectivity index (χ1v) is 14.2. The van der Waals surface area contributed by atoms with E-state index in [1.165, 1.54) is 6.07 Å². The fourth-order valence-corrected chi connectivity index (χ4v) is 4.66. The third kappa shape index (κ3) is 10.8. The number of alkyl halides is 3. The molecule has 0 bridgehead atoms.